The van der Waals surface area contributed by atoms with E-state index in [9.17, 15) is 24.6 Å². The SMILES string of the molecule is CCN(CCCNCC(O)c1ccc(O)c2[nH]c(=O)ccc12)C(=O)c1cccc(COc2cccc([C@@H](NC(=O)OC3CN4CCC3CC4)c3ccccc3)c2)c1. The van der Waals surface area contributed by atoms with Crippen LogP contribution >= 0.6 is 0 Å². The Morgan fingerprint density at radius 3 is 2.51 bits per heavy atom. The van der Waals surface area contributed by atoms with E-state index in [1.165, 1.54) is 12.1 Å². The van der Waals surface area contributed by atoms with Crippen molar-refractivity contribution in [1.29, 1.82) is 0 Å². The molecule has 3 saturated heterocycles. The summed E-state index contributed by atoms with van der Waals surface area (Å²) in [7, 11) is 0. The molecule has 2 amide bonds. The van der Waals surface area contributed by atoms with E-state index in [0.29, 0.717) is 59.8 Å². The zero-order chi connectivity index (χ0) is 39.7. The molecule has 4 heterocycles. The van der Waals surface area contributed by atoms with Gasteiger partial charge in [-0.15, -0.1) is 0 Å². The molecule has 5 N–H and O–H groups in total. The fourth-order valence-corrected chi connectivity index (χ4v) is 7.96. The molecule has 3 fully saturated rings. The van der Waals surface area contributed by atoms with Crippen LogP contribution < -0.4 is 20.9 Å². The molecule has 0 aliphatic carbocycles. The summed E-state index contributed by atoms with van der Waals surface area (Å²) < 4.78 is 12.2. The lowest BCUT2D eigenvalue weighted by molar-refractivity contribution is -0.0336. The Morgan fingerprint density at radius 2 is 1.74 bits per heavy atom. The minimum atomic E-state index is -0.860. The van der Waals surface area contributed by atoms with Crippen LogP contribution in [0.2, 0.25) is 0 Å². The van der Waals surface area contributed by atoms with Gasteiger partial charge in [0.15, 0.2) is 0 Å². The van der Waals surface area contributed by atoms with Gasteiger partial charge in [0.25, 0.3) is 5.91 Å². The highest BCUT2D eigenvalue weighted by atomic mass is 16.6. The average Bonchev–Trinajstić information content (AvgIpc) is 3.24. The van der Waals surface area contributed by atoms with Gasteiger partial charge < -0.3 is 40.2 Å². The summed E-state index contributed by atoms with van der Waals surface area (Å²) in [6.07, 6.45) is 1.42. The van der Waals surface area contributed by atoms with E-state index in [1.54, 1.807) is 17.0 Å². The highest BCUT2D eigenvalue weighted by Gasteiger charge is 2.37. The lowest BCUT2D eigenvalue weighted by Crippen LogP contribution is -2.52. The molecule has 1 aromatic heterocycles. The number of ether oxygens (including phenoxy) is 2. The minimum Gasteiger partial charge on any atom is -0.506 e. The van der Waals surface area contributed by atoms with Crippen LogP contribution in [0.3, 0.4) is 0 Å². The quantitative estimate of drug-likeness (QED) is 0.0772. The zero-order valence-electron chi connectivity index (χ0n) is 32.2. The van der Waals surface area contributed by atoms with E-state index in [4.69, 9.17) is 9.47 Å². The zero-order valence-corrected chi connectivity index (χ0v) is 32.2. The van der Waals surface area contributed by atoms with E-state index < -0.39 is 18.2 Å². The Hall–Kier alpha value is -5.69. The van der Waals surface area contributed by atoms with Crippen LogP contribution in [0.25, 0.3) is 10.9 Å². The molecule has 57 heavy (non-hydrogen) atoms. The van der Waals surface area contributed by atoms with Crippen LogP contribution in [0.4, 0.5) is 4.79 Å². The van der Waals surface area contributed by atoms with E-state index in [0.717, 1.165) is 49.2 Å². The number of benzene rings is 4. The number of rotatable bonds is 16. The molecule has 2 unspecified atom stereocenters. The highest BCUT2D eigenvalue weighted by molar-refractivity contribution is 5.94. The summed E-state index contributed by atoms with van der Waals surface area (Å²) in [5.74, 6) is 0.921. The second kappa shape index (κ2) is 18.5. The number of H-pyrrole nitrogens is 1. The maximum atomic E-state index is 13.6. The van der Waals surface area contributed by atoms with Gasteiger partial charge in [0, 0.05) is 43.2 Å². The molecule has 298 valence electrons. The summed E-state index contributed by atoms with van der Waals surface area (Å²) in [5, 5.41) is 28.0. The summed E-state index contributed by atoms with van der Waals surface area (Å²) in [4.78, 5) is 45.4. The number of phenols is 1. The van der Waals surface area contributed by atoms with Crippen molar-refractivity contribution in [1.82, 2.24) is 25.4 Å². The second-order valence-corrected chi connectivity index (χ2v) is 14.9. The topological polar surface area (TPSA) is 156 Å². The number of aromatic amines is 1. The van der Waals surface area contributed by atoms with E-state index in [2.05, 4.69) is 20.5 Å². The molecule has 4 aromatic carbocycles. The number of amides is 2. The number of phenolic OH excluding ortho intramolecular Hbond substituents is 1. The van der Waals surface area contributed by atoms with Crippen molar-refractivity contribution < 1.29 is 29.3 Å². The third kappa shape index (κ3) is 9.83. The summed E-state index contributed by atoms with van der Waals surface area (Å²) >= 11 is 0. The summed E-state index contributed by atoms with van der Waals surface area (Å²) in [6, 6.07) is 30.6. The van der Waals surface area contributed by atoms with E-state index in [1.807, 2.05) is 85.8 Å². The molecule has 3 aliphatic rings. The number of hydrogen-bond donors (Lipinski definition) is 5. The third-order valence-electron chi connectivity index (χ3n) is 11.1. The number of nitrogens with zero attached hydrogens (tertiary/aromatic N) is 2. The normalized spacial score (nSPS) is 18.5. The van der Waals surface area contributed by atoms with Crippen molar-refractivity contribution in [3.05, 3.63) is 141 Å². The number of fused-ring (bicyclic) bond motifs is 4. The molecule has 0 saturated carbocycles. The van der Waals surface area contributed by atoms with Crippen molar-refractivity contribution in [2.45, 2.75) is 51.0 Å². The van der Waals surface area contributed by atoms with Crippen LogP contribution in [0, 0.1) is 5.92 Å². The Labute approximate surface area is 332 Å². The van der Waals surface area contributed by atoms with E-state index in [-0.39, 0.29) is 36.5 Å². The Morgan fingerprint density at radius 1 is 0.947 bits per heavy atom. The van der Waals surface area contributed by atoms with Crippen LogP contribution in [0.1, 0.15) is 70.9 Å². The maximum absolute atomic E-state index is 13.6. The monoisotopic (exact) mass is 773 g/mol. The van der Waals surface area contributed by atoms with Crippen LogP contribution in [-0.2, 0) is 11.3 Å². The third-order valence-corrected chi connectivity index (χ3v) is 11.1. The highest BCUT2D eigenvalue weighted by Crippen LogP contribution is 2.31. The first-order valence-electron chi connectivity index (χ1n) is 19.8. The van der Waals surface area contributed by atoms with Crippen molar-refractivity contribution in [3.8, 4) is 11.5 Å². The van der Waals surface area contributed by atoms with Crippen molar-refractivity contribution in [3.63, 3.8) is 0 Å². The van der Waals surface area contributed by atoms with Crippen LogP contribution in [0.5, 0.6) is 11.5 Å². The fraction of sp³-hybridized carbons (Fsp3) is 0.356. The number of hydrogen-bond acceptors (Lipinski definition) is 9. The fourth-order valence-electron chi connectivity index (χ4n) is 7.96. The first-order valence-corrected chi connectivity index (χ1v) is 19.8. The number of alkyl carbamates (subject to hydrolysis) is 1. The molecule has 3 aliphatic heterocycles. The maximum Gasteiger partial charge on any atom is 0.408 e. The van der Waals surface area contributed by atoms with Crippen molar-refractivity contribution >= 4 is 22.9 Å². The number of aromatic nitrogens is 1. The number of piperidine rings is 3. The first kappa shape index (κ1) is 39.5. The number of aromatic hydroxyl groups is 1. The average molecular weight is 774 g/mol. The lowest BCUT2D eigenvalue weighted by atomic mass is 9.86. The van der Waals surface area contributed by atoms with Gasteiger partial charge in [-0.1, -0.05) is 60.7 Å². The predicted molar refractivity (Wildman–Crippen MR) is 218 cm³/mol. The van der Waals surface area contributed by atoms with Crippen molar-refractivity contribution in [2.24, 2.45) is 5.92 Å². The van der Waals surface area contributed by atoms with Crippen LogP contribution in [0.15, 0.2) is 108 Å². The van der Waals surface area contributed by atoms with Gasteiger partial charge in [0.2, 0.25) is 5.56 Å². The number of nitrogens with one attached hydrogen (secondary N) is 3. The molecule has 12 heteroatoms. The molecule has 0 radical (unpaired) electrons. The standard InChI is InChI=1S/C45H51N5O7/c1-2-50(22-8-21-46-27-39(52)36-15-17-38(51)43-37(36)16-18-41(53)47-43)44(54)34-13-6-9-30(25-34)29-56-35-14-7-12-33(26-35)42(32-10-4-3-5-11-32)48-45(55)57-40-28-49-23-19-31(40)20-24-49/h3-7,9-18,25-26,31,39-40,42,46,51-52H,2,8,19-24,27-29H2,1H3,(H,47,53)(H,48,55)/t39?,40?,42-/m0/s1. The van der Waals surface area contributed by atoms with Crippen LogP contribution in [-0.4, -0.2) is 88.9 Å². The van der Waals surface area contributed by atoms with E-state index >= 15 is 0 Å². The molecular weight excluding hydrogens is 723 g/mol. The number of pyridine rings is 1. The number of aliphatic hydroxyl groups is 1. The number of aliphatic hydroxyl groups excluding tert-OH is 1. The molecule has 12 nitrogen and oxygen atoms in total. The molecule has 8 rings (SSSR count). The molecule has 2 bridgehead atoms. The van der Waals surface area contributed by atoms with Gasteiger partial charge in [-0.3, -0.25) is 14.5 Å². The van der Waals surface area contributed by atoms with Crippen molar-refractivity contribution in [2.75, 3.05) is 45.8 Å². The van der Waals surface area contributed by atoms with Gasteiger partial charge in [-0.2, -0.15) is 0 Å². The lowest BCUT2D eigenvalue weighted by Gasteiger charge is -2.43. The summed E-state index contributed by atoms with van der Waals surface area (Å²) in [6.45, 7) is 7.04. The smallest absolute Gasteiger partial charge is 0.408 e. The molecule has 0 spiro atoms. The van der Waals surface area contributed by atoms with Gasteiger partial charge in [0.1, 0.15) is 24.2 Å². The molecule has 5 aromatic rings. The Bertz CT molecular complexity index is 2200. The van der Waals surface area contributed by atoms with Gasteiger partial charge in [0.05, 0.1) is 17.7 Å². The Balaban J connectivity index is 0.918. The van der Waals surface area contributed by atoms with Gasteiger partial charge >= 0.3 is 6.09 Å². The first-order chi connectivity index (χ1) is 27.7. The minimum absolute atomic E-state index is 0.0553. The number of carbonyl (C=O) groups is 2. The molecule has 3 atom stereocenters. The summed E-state index contributed by atoms with van der Waals surface area (Å²) in [5.41, 5.74) is 3.77. The second-order valence-electron chi connectivity index (χ2n) is 14.9. The van der Waals surface area contributed by atoms with Gasteiger partial charge in [-0.25, -0.2) is 4.79 Å². The Kier molecular flexibility index (Phi) is 12.8. The largest absolute Gasteiger partial charge is 0.506 e. The molecular formula is C45H51N5O7. The van der Waals surface area contributed by atoms with Gasteiger partial charge in [-0.05, 0) is 110 Å². The number of carbonyl (C=O) groups excluding carboxylic acids is 2. The predicted octanol–water partition coefficient (Wildman–Crippen LogP) is 5.90.